The summed E-state index contributed by atoms with van der Waals surface area (Å²) in [7, 11) is 1.39. The van der Waals surface area contributed by atoms with Crippen LogP contribution in [0.1, 0.15) is 26.6 Å². The molecule has 0 aliphatic carbocycles. The van der Waals surface area contributed by atoms with Crippen LogP contribution in [-0.4, -0.2) is 31.4 Å². The van der Waals surface area contributed by atoms with Gasteiger partial charge in [-0.2, -0.15) is 0 Å². The molecule has 2 heterocycles. The van der Waals surface area contributed by atoms with Crippen molar-refractivity contribution in [2.24, 2.45) is 13.0 Å². The average Bonchev–Trinajstić information content (AvgIpc) is 2.78. The quantitative estimate of drug-likeness (QED) is 0.839. The van der Waals surface area contributed by atoms with Gasteiger partial charge in [-0.3, -0.25) is 13.9 Å². The number of ether oxygens (including phenoxy) is 1. The van der Waals surface area contributed by atoms with Gasteiger partial charge in [0.15, 0.2) is 11.2 Å². The lowest BCUT2D eigenvalue weighted by Crippen LogP contribution is -2.39. The molecule has 0 saturated carbocycles. The Hall–Kier alpha value is -2.38. The Morgan fingerprint density at radius 1 is 1.32 bits per heavy atom. The van der Waals surface area contributed by atoms with E-state index in [9.17, 15) is 14.4 Å². The first kappa shape index (κ1) is 16.0. The van der Waals surface area contributed by atoms with E-state index in [4.69, 9.17) is 4.74 Å². The monoisotopic (exact) mass is 308 g/mol. The molecule has 0 aromatic carbocycles. The Labute approximate surface area is 126 Å². The molecule has 0 spiro atoms. The Balaban J connectivity index is 2.90. The normalized spacial score (nSPS) is 11.4. The van der Waals surface area contributed by atoms with Crippen LogP contribution < -0.4 is 11.2 Å². The summed E-state index contributed by atoms with van der Waals surface area (Å²) in [6.45, 7) is 7.78. The van der Waals surface area contributed by atoms with Crippen molar-refractivity contribution in [3.8, 4) is 0 Å². The van der Waals surface area contributed by atoms with E-state index in [1.165, 1.54) is 11.6 Å². The van der Waals surface area contributed by atoms with Gasteiger partial charge >= 0.3 is 11.8 Å². The van der Waals surface area contributed by atoms with E-state index in [0.717, 1.165) is 9.13 Å². The van der Waals surface area contributed by atoms with E-state index in [-0.39, 0.29) is 23.7 Å². The van der Waals surface area contributed by atoms with Crippen molar-refractivity contribution in [1.82, 2.24) is 18.7 Å². The Morgan fingerprint density at radius 2 is 1.95 bits per heavy atom. The first-order chi connectivity index (χ1) is 10.3. The molecule has 8 nitrogen and oxygen atoms in total. The fraction of sp³-hybridized carbons (Fsp3) is 0.571. The van der Waals surface area contributed by atoms with Gasteiger partial charge in [0.25, 0.3) is 5.56 Å². The van der Waals surface area contributed by atoms with Crippen LogP contribution in [0.2, 0.25) is 0 Å². The van der Waals surface area contributed by atoms with Gasteiger partial charge in [0.05, 0.1) is 6.61 Å². The minimum atomic E-state index is -0.672. The second kappa shape index (κ2) is 5.78. The molecule has 0 amide bonds. The van der Waals surface area contributed by atoms with E-state index in [2.05, 4.69) is 4.98 Å². The van der Waals surface area contributed by atoms with E-state index in [1.54, 1.807) is 13.8 Å². The Morgan fingerprint density at radius 3 is 2.50 bits per heavy atom. The van der Waals surface area contributed by atoms with E-state index in [1.807, 2.05) is 13.8 Å². The van der Waals surface area contributed by atoms with Gasteiger partial charge in [0.2, 0.25) is 0 Å². The van der Waals surface area contributed by atoms with Crippen LogP contribution >= 0.6 is 0 Å². The minimum absolute atomic E-state index is 0.0682. The van der Waals surface area contributed by atoms with Crippen LogP contribution in [-0.2, 0) is 18.3 Å². The molecule has 2 aromatic heterocycles. The highest BCUT2D eigenvalue weighted by Gasteiger charge is 2.23. The molecule has 22 heavy (non-hydrogen) atoms. The largest absolute Gasteiger partial charge is 0.449 e. The summed E-state index contributed by atoms with van der Waals surface area (Å²) in [5, 5.41) is 0. The fourth-order valence-corrected chi connectivity index (χ4v) is 2.36. The van der Waals surface area contributed by atoms with Gasteiger partial charge in [-0.05, 0) is 19.8 Å². The number of imidazole rings is 1. The number of carbonyl (C=O) groups is 1. The Bertz CT molecular complexity index is 841. The molecule has 120 valence electrons. The lowest BCUT2D eigenvalue weighted by molar-refractivity contribution is 0.154. The summed E-state index contributed by atoms with van der Waals surface area (Å²) in [6.07, 6.45) is -0.672. The first-order valence-corrected chi connectivity index (χ1v) is 7.15. The number of fused-ring (bicyclic) bond motifs is 1. The smallest absolute Gasteiger partial charge is 0.420 e. The zero-order valence-corrected chi connectivity index (χ0v) is 13.4. The number of nitrogens with zero attached hydrogens (tertiary/aromatic N) is 4. The number of carbonyl (C=O) groups excluding carboxylic acids is 1. The van der Waals surface area contributed by atoms with Crippen molar-refractivity contribution in [3.05, 3.63) is 26.7 Å². The second-order valence-corrected chi connectivity index (χ2v) is 5.52. The third-order valence-electron chi connectivity index (χ3n) is 3.31. The summed E-state index contributed by atoms with van der Waals surface area (Å²) in [5.74, 6) is 0.500. The van der Waals surface area contributed by atoms with Gasteiger partial charge in [0.1, 0.15) is 5.82 Å². The molecule has 0 aliphatic heterocycles. The molecule has 0 N–H and O–H groups in total. The summed E-state index contributed by atoms with van der Waals surface area (Å²) < 4.78 is 8.50. The summed E-state index contributed by atoms with van der Waals surface area (Å²) in [4.78, 5) is 41.1. The number of aryl methyl sites for hydroxylation is 1. The van der Waals surface area contributed by atoms with Gasteiger partial charge < -0.3 is 4.74 Å². The molecule has 0 fully saturated rings. The molecule has 0 radical (unpaired) electrons. The average molecular weight is 308 g/mol. The molecular formula is C14H20N4O4. The lowest BCUT2D eigenvalue weighted by Gasteiger charge is -2.11. The van der Waals surface area contributed by atoms with E-state index < -0.39 is 17.3 Å². The SMILES string of the molecule is CCOC(=O)n1c(C)nc2c1c(=O)n(C)c(=O)n2CC(C)C. The molecule has 0 aliphatic rings. The molecule has 0 unspecified atom stereocenters. The van der Waals surface area contributed by atoms with Gasteiger partial charge in [-0.1, -0.05) is 13.8 Å². The molecule has 2 aromatic rings. The van der Waals surface area contributed by atoms with Crippen molar-refractivity contribution in [1.29, 1.82) is 0 Å². The number of hydrogen-bond donors (Lipinski definition) is 0. The van der Waals surface area contributed by atoms with Gasteiger partial charge in [-0.15, -0.1) is 0 Å². The highest BCUT2D eigenvalue weighted by molar-refractivity contribution is 5.85. The predicted molar refractivity (Wildman–Crippen MR) is 81.2 cm³/mol. The summed E-state index contributed by atoms with van der Waals surface area (Å²) in [6, 6.07) is 0. The topological polar surface area (TPSA) is 88.1 Å². The molecule has 0 bridgehead atoms. The van der Waals surface area contributed by atoms with Crippen LogP contribution in [0.3, 0.4) is 0 Å². The van der Waals surface area contributed by atoms with Crippen molar-refractivity contribution < 1.29 is 9.53 Å². The second-order valence-electron chi connectivity index (χ2n) is 5.52. The summed E-state index contributed by atoms with van der Waals surface area (Å²) >= 11 is 0. The molecule has 2 rings (SSSR count). The zero-order valence-electron chi connectivity index (χ0n) is 13.4. The van der Waals surface area contributed by atoms with Gasteiger partial charge in [-0.25, -0.2) is 19.1 Å². The fourth-order valence-electron chi connectivity index (χ4n) is 2.36. The van der Waals surface area contributed by atoms with E-state index in [0.29, 0.717) is 12.4 Å². The van der Waals surface area contributed by atoms with Crippen LogP contribution in [0, 0.1) is 12.8 Å². The highest BCUT2D eigenvalue weighted by Crippen LogP contribution is 2.13. The van der Waals surface area contributed by atoms with Crippen molar-refractivity contribution in [3.63, 3.8) is 0 Å². The molecular weight excluding hydrogens is 288 g/mol. The van der Waals surface area contributed by atoms with Crippen LogP contribution in [0.5, 0.6) is 0 Å². The number of aromatic nitrogens is 4. The Kier molecular flexibility index (Phi) is 4.20. The summed E-state index contributed by atoms with van der Waals surface area (Å²) in [5.41, 5.74) is -0.723. The maximum absolute atomic E-state index is 12.4. The first-order valence-electron chi connectivity index (χ1n) is 7.15. The van der Waals surface area contributed by atoms with Gasteiger partial charge in [0, 0.05) is 13.6 Å². The van der Waals surface area contributed by atoms with Crippen molar-refractivity contribution >= 4 is 17.3 Å². The maximum atomic E-state index is 12.4. The van der Waals surface area contributed by atoms with E-state index >= 15 is 0 Å². The molecule has 0 saturated heterocycles. The van der Waals surface area contributed by atoms with Crippen LogP contribution in [0.25, 0.3) is 11.2 Å². The lowest BCUT2D eigenvalue weighted by atomic mass is 10.2. The third-order valence-corrected chi connectivity index (χ3v) is 3.31. The minimum Gasteiger partial charge on any atom is -0.449 e. The zero-order chi connectivity index (χ0) is 16.6. The predicted octanol–water partition coefficient (Wildman–Crippen LogP) is 0.866. The maximum Gasteiger partial charge on any atom is 0.420 e. The number of hydrogen-bond acceptors (Lipinski definition) is 5. The number of rotatable bonds is 3. The van der Waals surface area contributed by atoms with Crippen molar-refractivity contribution in [2.75, 3.05) is 6.61 Å². The highest BCUT2D eigenvalue weighted by atomic mass is 16.5. The third kappa shape index (κ3) is 2.44. The van der Waals surface area contributed by atoms with Crippen molar-refractivity contribution in [2.45, 2.75) is 34.2 Å². The standard InChI is InChI=1S/C14H20N4O4/c1-6-22-14(21)18-9(4)15-11-10(18)12(19)16(5)13(20)17(11)7-8(2)3/h8H,6-7H2,1-5H3. The molecule has 8 heteroatoms. The molecule has 0 atom stereocenters. The van der Waals surface area contributed by atoms with Crippen LogP contribution in [0.15, 0.2) is 9.59 Å². The van der Waals surface area contributed by atoms with Crippen LogP contribution in [0.4, 0.5) is 4.79 Å².